The number of ether oxygens (including phenoxy) is 1. The van der Waals surface area contributed by atoms with E-state index in [1.165, 1.54) is 19.3 Å². The average Bonchev–Trinajstić information content (AvgIpc) is 2.33. The Morgan fingerprint density at radius 1 is 1.18 bits per heavy atom. The van der Waals surface area contributed by atoms with Crippen molar-refractivity contribution in [2.75, 3.05) is 6.61 Å². The first-order valence-electron chi connectivity index (χ1n) is 6.95. The van der Waals surface area contributed by atoms with Crippen molar-refractivity contribution in [2.24, 2.45) is 0 Å². The number of aliphatic hydroxyl groups excluding tert-OH is 1. The van der Waals surface area contributed by atoms with Gasteiger partial charge < -0.3 is 9.84 Å². The van der Waals surface area contributed by atoms with Crippen LogP contribution < -0.4 is 0 Å². The first kappa shape index (κ1) is 21.7. The Hall–Kier alpha value is -0.570. The maximum atomic E-state index is 10.3. The van der Waals surface area contributed by atoms with Gasteiger partial charge in [0.15, 0.2) is 0 Å². The van der Waals surface area contributed by atoms with Gasteiger partial charge in [0.2, 0.25) is 0 Å². The highest BCUT2D eigenvalue weighted by Crippen LogP contribution is 2.05. The van der Waals surface area contributed by atoms with Crippen LogP contribution in [0.15, 0.2) is 0 Å². The quantitative estimate of drug-likeness (QED) is 0.715. The van der Waals surface area contributed by atoms with E-state index in [1.54, 1.807) is 0 Å². The molecule has 1 N–H and O–H groups in total. The molecule has 1 aliphatic heterocycles. The minimum atomic E-state index is -0.462. The Kier molecular flexibility index (Phi) is 26.5. The number of carbonyl (C=O) groups is 1. The lowest BCUT2D eigenvalue weighted by Crippen LogP contribution is -2.24. The number of unbranched alkanes of at least 4 members (excludes halogenated alkanes) is 1. The summed E-state index contributed by atoms with van der Waals surface area (Å²) in [5.41, 5.74) is 0. The Labute approximate surface area is 108 Å². The van der Waals surface area contributed by atoms with Crippen LogP contribution in [0.25, 0.3) is 0 Å². The van der Waals surface area contributed by atoms with Gasteiger partial charge in [0.25, 0.3) is 0 Å². The molecule has 0 saturated carbocycles. The third-order valence-corrected chi connectivity index (χ3v) is 1.62. The number of rotatable bonds is 1. The van der Waals surface area contributed by atoms with Crippen molar-refractivity contribution < 1.29 is 14.6 Å². The summed E-state index contributed by atoms with van der Waals surface area (Å²) in [4.78, 5) is 10.3. The lowest BCUT2D eigenvalue weighted by atomic mass is 10.2. The van der Waals surface area contributed by atoms with E-state index in [9.17, 15) is 4.79 Å². The minimum absolute atomic E-state index is 0.167. The summed E-state index contributed by atoms with van der Waals surface area (Å²) in [5.74, 6) is -0.288. The van der Waals surface area contributed by atoms with Crippen molar-refractivity contribution in [1.82, 2.24) is 0 Å². The Balaban J connectivity index is -0.000000186. The van der Waals surface area contributed by atoms with Crippen molar-refractivity contribution in [3.63, 3.8) is 0 Å². The molecule has 1 rings (SSSR count). The Morgan fingerprint density at radius 3 is 1.76 bits per heavy atom. The highest BCUT2D eigenvalue weighted by Gasteiger charge is 2.16. The van der Waals surface area contributed by atoms with Gasteiger partial charge in [0.05, 0.1) is 19.1 Å². The van der Waals surface area contributed by atoms with Gasteiger partial charge in [-0.05, 0) is 0 Å². The largest absolute Gasteiger partial charge is 0.465 e. The molecule has 1 heterocycles. The van der Waals surface area contributed by atoms with E-state index in [-0.39, 0.29) is 12.4 Å². The lowest BCUT2D eigenvalue weighted by molar-refractivity contribution is -0.151. The fraction of sp³-hybridized carbons (Fsp3) is 0.929. The molecule has 1 saturated heterocycles. The predicted octanol–water partition coefficient (Wildman–Crippen LogP) is 3.93. The molecule has 1 unspecified atom stereocenters. The van der Waals surface area contributed by atoms with Crippen LogP contribution in [-0.2, 0) is 9.53 Å². The first-order chi connectivity index (χ1) is 8.12. The van der Waals surface area contributed by atoms with Gasteiger partial charge in [-0.3, -0.25) is 4.79 Å². The van der Waals surface area contributed by atoms with Crippen LogP contribution in [0.1, 0.15) is 73.6 Å². The van der Waals surface area contributed by atoms with Gasteiger partial charge in [-0.1, -0.05) is 60.8 Å². The van der Waals surface area contributed by atoms with Gasteiger partial charge in [0.1, 0.15) is 0 Å². The Bertz CT molecular complexity index is 133. The zero-order valence-electron chi connectivity index (χ0n) is 12.6. The molecule has 0 aromatic rings. The van der Waals surface area contributed by atoms with E-state index in [2.05, 4.69) is 32.4 Å². The number of hydrogen-bond donors (Lipinski definition) is 1. The summed E-state index contributed by atoms with van der Waals surface area (Å²) >= 11 is 0. The second-order valence-corrected chi connectivity index (χ2v) is 3.57. The van der Waals surface area contributed by atoms with E-state index in [0.29, 0.717) is 13.0 Å². The summed E-state index contributed by atoms with van der Waals surface area (Å²) in [6.07, 6.45) is 4.18. The zero-order valence-corrected chi connectivity index (χ0v) is 12.6. The molecule has 0 spiro atoms. The summed E-state index contributed by atoms with van der Waals surface area (Å²) in [6.45, 7) is 13.0. The smallest absolute Gasteiger partial charge is 0.308 e. The number of aliphatic hydroxyl groups is 1. The fourth-order valence-corrected chi connectivity index (χ4v) is 0.662. The number of carbonyl (C=O) groups excluding carboxylic acids is 1. The molecule has 17 heavy (non-hydrogen) atoms. The van der Waals surface area contributed by atoms with E-state index in [0.717, 1.165) is 0 Å². The molecule has 0 aliphatic carbocycles. The third kappa shape index (κ3) is 25.6. The number of hydrogen-bond acceptors (Lipinski definition) is 3. The van der Waals surface area contributed by atoms with Crippen LogP contribution in [0.3, 0.4) is 0 Å². The molecule has 3 heteroatoms. The molecular formula is C14H32O3. The van der Waals surface area contributed by atoms with Crippen LogP contribution in [-0.4, -0.2) is 23.8 Å². The maximum Gasteiger partial charge on any atom is 0.308 e. The molecule has 1 fully saturated rings. The minimum Gasteiger partial charge on any atom is -0.465 e. The molecule has 0 bridgehead atoms. The molecule has 0 aromatic heterocycles. The van der Waals surface area contributed by atoms with Crippen LogP contribution in [0, 0.1) is 0 Å². The molecule has 0 radical (unpaired) electrons. The fourth-order valence-electron chi connectivity index (χ4n) is 0.662. The predicted molar refractivity (Wildman–Crippen MR) is 74.1 cm³/mol. The molecule has 0 aromatic carbocycles. The number of esters is 1. The SMILES string of the molecule is CC.CCC.CCCC.O=C1CC(O)CCO1. The third-order valence-electron chi connectivity index (χ3n) is 1.62. The first-order valence-corrected chi connectivity index (χ1v) is 6.95. The lowest BCUT2D eigenvalue weighted by Gasteiger charge is -2.15. The normalized spacial score (nSPS) is 17.1. The van der Waals surface area contributed by atoms with Crippen molar-refractivity contribution >= 4 is 5.97 Å². The average molecular weight is 248 g/mol. The second kappa shape index (κ2) is 20.8. The van der Waals surface area contributed by atoms with E-state index >= 15 is 0 Å². The van der Waals surface area contributed by atoms with Crippen molar-refractivity contribution in [1.29, 1.82) is 0 Å². The van der Waals surface area contributed by atoms with E-state index in [1.807, 2.05) is 13.8 Å². The molecular weight excluding hydrogens is 216 g/mol. The molecule has 106 valence electrons. The zero-order chi connectivity index (χ0) is 14.1. The molecule has 3 nitrogen and oxygen atoms in total. The standard InChI is InChI=1S/C5H8O3.C4H10.C3H8.C2H6/c6-4-1-2-8-5(7)3-4;1-3-4-2;1-3-2;1-2/h4,6H,1-3H2;3-4H2,1-2H3;3H2,1-2H3;1-2H3. The topological polar surface area (TPSA) is 46.5 Å². The summed E-state index contributed by atoms with van der Waals surface area (Å²) in [6, 6.07) is 0. The summed E-state index contributed by atoms with van der Waals surface area (Å²) in [5, 5.41) is 8.78. The maximum absolute atomic E-state index is 10.3. The second-order valence-electron chi connectivity index (χ2n) is 3.57. The highest BCUT2D eigenvalue weighted by atomic mass is 16.5. The molecule has 1 atom stereocenters. The van der Waals surface area contributed by atoms with Crippen molar-refractivity contribution in [3.05, 3.63) is 0 Å². The monoisotopic (exact) mass is 248 g/mol. The van der Waals surface area contributed by atoms with Crippen LogP contribution in [0.2, 0.25) is 0 Å². The van der Waals surface area contributed by atoms with Gasteiger partial charge in [-0.2, -0.15) is 0 Å². The van der Waals surface area contributed by atoms with Gasteiger partial charge in [-0.15, -0.1) is 0 Å². The van der Waals surface area contributed by atoms with Crippen molar-refractivity contribution in [3.8, 4) is 0 Å². The van der Waals surface area contributed by atoms with E-state index < -0.39 is 6.10 Å². The van der Waals surface area contributed by atoms with Gasteiger partial charge in [0, 0.05) is 6.42 Å². The summed E-state index contributed by atoms with van der Waals surface area (Å²) in [7, 11) is 0. The van der Waals surface area contributed by atoms with Crippen LogP contribution in [0.5, 0.6) is 0 Å². The van der Waals surface area contributed by atoms with E-state index in [4.69, 9.17) is 5.11 Å². The van der Waals surface area contributed by atoms with Crippen LogP contribution in [0.4, 0.5) is 0 Å². The molecule has 0 amide bonds. The van der Waals surface area contributed by atoms with Crippen LogP contribution >= 0.6 is 0 Å². The highest BCUT2D eigenvalue weighted by molar-refractivity contribution is 5.70. The van der Waals surface area contributed by atoms with Crippen molar-refractivity contribution in [2.45, 2.75) is 79.8 Å². The molecule has 1 aliphatic rings. The van der Waals surface area contributed by atoms with Gasteiger partial charge in [-0.25, -0.2) is 0 Å². The number of cyclic esters (lactones) is 1. The Morgan fingerprint density at radius 2 is 1.59 bits per heavy atom. The summed E-state index contributed by atoms with van der Waals surface area (Å²) < 4.78 is 4.55. The van der Waals surface area contributed by atoms with Gasteiger partial charge >= 0.3 is 5.97 Å².